The smallest absolute Gasteiger partial charge is 0.340 e. The van der Waals surface area contributed by atoms with Gasteiger partial charge in [0.1, 0.15) is 0 Å². The number of hydrogen-bond donors (Lipinski definition) is 2. The number of methoxy groups -OCH3 is 1. The first-order valence-corrected chi connectivity index (χ1v) is 6.88. The van der Waals surface area contributed by atoms with E-state index in [0.717, 1.165) is 15.8 Å². The van der Waals surface area contributed by atoms with Crippen molar-refractivity contribution in [2.75, 3.05) is 18.2 Å². The highest BCUT2D eigenvalue weighted by Crippen LogP contribution is 2.29. The molecule has 0 spiro atoms. The van der Waals surface area contributed by atoms with Crippen LogP contribution in [0.15, 0.2) is 40.9 Å². The summed E-state index contributed by atoms with van der Waals surface area (Å²) in [5.74, 6) is -0.471. The number of halogens is 2. The van der Waals surface area contributed by atoms with Gasteiger partial charge in [-0.2, -0.15) is 0 Å². The fourth-order valence-electron chi connectivity index (χ4n) is 1.67. The molecule has 2 aromatic carbocycles. The summed E-state index contributed by atoms with van der Waals surface area (Å²) in [5, 5.41) is 3.81. The number of rotatable bonds is 3. The highest BCUT2D eigenvalue weighted by atomic mass is 79.9. The molecule has 0 aliphatic heterocycles. The van der Waals surface area contributed by atoms with Crippen LogP contribution in [-0.4, -0.2) is 13.1 Å². The van der Waals surface area contributed by atoms with E-state index in [0.29, 0.717) is 16.3 Å². The molecule has 0 radical (unpaired) electrons. The van der Waals surface area contributed by atoms with Crippen LogP contribution in [-0.2, 0) is 4.74 Å². The minimum Gasteiger partial charge on any atom is -0.465 e. The third kappa shape index (κ3) is 3.23. The highest BCUT2D eigenvalue weighted by Gasteiger charge is 2.11. The van der Waals surface area contributed by atoms with Gasteiger partial charge in [0.25, 0.3) is 0 Å². The summed E-state index contributed by atoms with van der Waals surface area (Å²) in [6.07, 6.45) is 0. The second-order valence-electron chi connectivity index (χ2n) is 4.04. The lowest BCUT2D eigenvalue weighted by molar-refractivity contribution is 0.0602. The molecule has 3 N–H and O–H groups in total. The molecule has 20 heavy (non-hydrogen) atoms. The molecule has 4 nitrogen and oxygen atoms in total. The zero-order valence-electron chi connectivity index (χ0n) is 10.6. The van der Waals surface area contributed by atoms with Gasteiger partial charge in [0.15, 0.2) is 0 Å². The maximum absolute atomic E-state index is 11.6. The number of benzene rings is 2. The number of nitrogens with one attached hydrogen (secondary N) is 1. The van der Waals surface area contributed by atoms with E-state index in [2.05, 4.69) is 26.0 Å². The first-order chi connectivity index (χ1) is 9.51. The van der Waals surface area contributed by atoms with Crippen molar-refractivity contribution in [2.45, 2.75) is 0 Å². The predicted octanol–water partition coefficient (Wildman–Crippen LogP) is 4.21. The summed E-state index contributed by atoms with van der Waals surface area (Å²) in [4.78, 5) is 11.6. The van der Waals surface area contributed by atoms with Gasteiger partial charge < -0.3 is 15.8 Å². The fourth-order valence-corrected chi connectivity index (χ4v) is 2.45. The molecule has 2 aromatic rings. The van der Waals surface area contributed by atoms with E-state index in [4.69, 9.17) is 17.3 Å². The Morgan fingerprint density at radius 1 is 1.30 bits per heavy atom. The Morgan fingerprint density at radius 3 is 2.70 bits per heavy atom. The topological polar surface area (TPSA) is 64.3 Å². The van der Waals surface area contributed by atoms with E-state index in [1.807, 2.05) is 6.07 Å². The number of anilines is 3. The van der Waals surface area contributed by atoms with Crippen molar-refractivity contribution < 1.29 is 9.53 Å². The van der Waals surface area contributed by atoms with Crippen LogP contribution in [0.1, 0.15) is 10.4 Å². The molecule has 0 aromatic heterocycles. The van der Waals surface area contributed by atoms with Gasteiger partial charge in [0.05, 0.1) is 18.4 Å². The maximum Gasteiger partial charge on any atom is 0.340 e. The summed E-state index contributed by atoms with van der Waals surface area (Å²) in [6, 6.07) is 10.5. The normalized spacial score (nSPS) is 10.2. The van der Waals surface area contributed by atoms with Crippen molar-refractivity contribution in [3.05, 3.63) is 51.5 Å². The highest BCUT2D eigenvalue weighted by molar-refractivity contribution is 9.10. The number of carbonyl (C=O) groups excluding carboxylic acids is 1. The molecule has 0 unspecified atom stereocenters. The third-order valence-corrected chi connectivity index (χ3v) is 3.56. The zero-order chi connectivity index (χ0) is 14.7. The molecule has 104 valence electrons. The molecule has 0 saturated carbocycles. The molecule has 6 heteroatoms. The van der Waals surface area contributed by atoms with Crippen LogP contribution < -0.4 is 11.1 Å². The lowest BCUT2D eigenvalue weighted by Gasteiger charge is -2.11. The lowest BCUT2D eigenvalue weighted by Crippen LogP contribution is -2.06. The Morgan fingerprint density at radius 2 is 2.05 bits per heavy atom. The molecular weight excluding hydrogens is 344 g/mol. The summed E-state index contributed by atoms with van der Waals surface area (Å²) in [5.41, 5.74) is 8.00. The van der Waals surface area contributed by atoms with Crippen LogP contribution in [0.5, 0.6) is 0 Å². The summed E-state index contributed by atoms with van der Waals surface area (Å²) < 4.78 is 5.51. The van der Waals surface area contributed by atoms with E-state index in [-0.39, 0.29) is 0 Å². The van der Waals surface area contributed by atoms with Gasteiger partial charge in [-0.05, 0) is 52.3 Å². The van der Waals surface area contributed by atoms with Crippen molar-refractivity contribution >= 4 is 50.6 Å². The van der Waals surface area contributed by atoms with Crippen LogP contribution in [0.25, 0.3) is 0 Å². The number of carbonyl (C=O) groups is 1. The van der Waals surface area contributed by atoms with Gasteiger partial charge in [-0.15, -0.1) is 0 Å². The minimum atomic E-state index is -0.471. The van der Waals surface area contributed by atoms with Crippen molar-refractivity contribution in [1.29, 1.82) is 0 Å². The molecule has 2 rings (SSSR count). The second kappa shape index (κ2) is 6.15. The van der Waals surface area contributed by atoms with Crippen molar-refractivity contribution in [1.82, 2.24) is 0 Å². The average molecular weight is 356 g/mol. The molecule has 0 heterocycles. The monoisotopic (exact) mass is 354 g/mol. The Kier molecular flexibility index (Phi) is 4.52. The van der Waals surface area contributed by atoms with Gasteiger partial charge >= 0.3 is 5.97 Å². The minimum absolute atomic E-state index is 0.322. The molecular formula is C14H12BrClN2O2. The number of ether oxygens (including phenoxy) is 1. The Bertz CT molecular complexity index is 662. The Labute approximate surface area is 130 Å². The van der Waals surface area contributed by atoms with Crippen molar-refractivity contribution in [3.63, 3.8) is 0 Å². The summed E-state index contributed by atoms with van der Waals surface area (Å²) >= 11 is 9.31. The van der Waals surface area contributed by atoms with E-state index in [9.17, 15) is 4.79 Å². The Balaban J connectivity index is 2.32. The molecule has 0 aliphatic rings. The molecule has 0 amide bonds. The standard InChI is InChI=1S/C14H12BrClN2O2/c1-20-14(19)10-7-9(3-4-12(10)17)18-13-5-2-8(16)6-11(13)15/h2-7,18H,17H2,1H3. The SMILES string of the molecule is COC(=O)c1cc(Nc2ccc(Cl)cc2Br)ccc1N. The number of hydrogen-bond acceptors (Lipinski definition) is 4. The molecule has 0 aliphatic carbocycles. The van der Waals surface area contributed by atoms with Crippen LogP contribution in [0, 0.1) is 0 Å². The zero-order valence-corrected chi connectivity index (χ0v) is 13.0. The van der Waals surface area contributed by atoms with E-state index < -0.39 is 5.97 Å². The fraction of sp³-hybridized carbons (Fsp3) is 0.0714. The van der Waals surface area contributed by atoms with E-state index >= 15 is 0 Å². The average Bonchev–Trinajstić information content (AvgIpc) is 2.43. The number of esters is 1. The van der Waals surface area contributed by atoms with Gasteiger partial charge in [-0.1, -0.05) is 11.6 Å². The molecule has 0 saturated heterocycles. The summed E-state index contributed by atoms with van der Waals surface area (Å²) in [6.45, 7) is 0. The Hall–Kier alpha value is -1.72. The maximum atomic E-state index is 11.6. The van der Waals surface area contributed by atoms with Crippen molar-refractivity contribution in [2.24, 2.45) is 0 Å². The molecule has 0 fully saturated rings. The van der Waals surface area contributed by atoms with Crippen LogP contribution >= 0.6 is 27.5 Å². The van der Waals surface area contributed by atoms with Gasteiger partial charge in [0.2, 0.25) is 0 Å². The van der Waals surface area contributed by atoms with Gasteiger partial charge in [0, 0.05) is 20.9 Å². The van der Waals surface area contributed by atoms with Crippen LogP contribution in [0.4, 0.5) is 17.1 Å². The third-order valence-electron chi connectivity index (χ3n) is 2.67. The first-order valence-electron chi connectivity index (χ1n) is 5.71. The van der Waals surface area contributed by atoms with E-state index in [1.54, 1.807) is 30.3 Å². The van der Waals surface area contributed by atoms with Gasteiger partial charge in [-0.3, -0.25) is 0 Å². The number of nitrogens with two attached hydrogens (primary N) is 1. The van der Waals surface area contributed by atoms with E-state index in [1.165, 1.54) is 7.11 Å². The lowest BCUT2D eigenvalue weighted by atomic mass is 10.1. The second-order valence-corrected chi connectivity index (χ2v) is 5.33. The van der Waals surface area contributed by atoms with Crippen LogP contribution in [0.3, 0.4) is 0 Å². The first kappa shape index (κ1) is 14.7. The van der Waals surface area contributed by atoms with Crippen molar-refractivity contribution in [3.8, 4) is 0 Å². The summed E-state index contributed by atoms with van der Waals surface area (Å²) in [7, 11) is 1.32. The van der Waals surface area contributed by atoms with Crippen LogP contribution in [0.2, 0.25) is 5.02 Å². The van der Waals surface area contributed by atoms with Gasteiger partial charge in [-0.25, -0.2) is 4.79 Å². The quantitative estimate of drug-likeness (QED) is 0.639. The predicted molar refractivity (Wildman–Crippen MR) is 84.6 cm³/mol. The largest absolute Gasteiger partial charge is 0.465 e. The number of nitrogen functional groups attached to an aromatic ring is 1. The molecule has 0 bridgehead atoms. The molecule has 0 atom stereocenters.